The number of hydrogen-bond acceptors (Lipinski definition) is 3. The van der Waals surface area contributed by atoms with Gasteiger partial charge < -0.3 is 14.6 Å². The molecule has 5 nitrogen and oxygen atoms in total. The van der Waals surface area contributed by atoms with Crippen molar-refractivity contribution in [2.45, 2.75) is 25.9 Å². The molecule has 0 aliphatic heterocycles. The Kier molecular flexibility index (Phi) is 7.08. The molecular formula is C31H29N3O2. The van der Waals surface area contributed by atoms with E-state index in [2.05, 4.69) is 34.1 Å². The fourth-order valence-corrected chi connectivity index (χ4v) is 4.45. The van der Waals surface area contributed by atoms with E-state index in [1.165, 1.54) is 5.39 Å². The van der Waals surface area contributed by atoms with Gasteiger partial charge in [0.15, 0.2) is 0 Å². The second kappa shape index (κ2) is 10.9. The number of benzene rings is 4. The van der Waals surface area contributed by atoms with Crippen LogP contribution in [0.25, 0.3) is 27.9 Å². The van der Waals surface area contributed by atoms with Gasteiger partial charge in [-0.3, -0.25) is 4.79 Å². The molecule has 36 heavy (non-hydrogen) atoms. The van der Waals surface area contributed by atoms with Crippen molar-refractivity contribution in [3.63, 3.8) is 0 Å². The van der Waals surface area contributed by atoms with Crippen LogP contribution < -0.4 is 10.1 Å². The van der Waals surface area contributed by atoms with Gasteiger partial charge >= 0.3 is 0 Å². The highest BCUT2D eigenvalue weighted by atomic mass is 16.5. The van der Waals surface area contributed by atoms with E-state index in [0.29, 0.717) is 6.61 Å². The molecule has 1 unspecified atom stereocenters. The van der Waals surface area contributed by atoms with Gasteiger partial charge in [0.25, 0.3) is 0 Å². The van der Waals surface area contributed by atoms with Gasteiger partial charge in [-0.05, 0) is 48.6 Å². The third kappa shape index (κ3) is 5.31. The van der Waals surface area contributed by atoms with Crippen LogP contribution >= 0.6 is 0 Å². The van der Waals surface area contributed by atoms with Crippen molar-refractivity contribution in [2.75, 3.05) is 6.61 Å². The summed E-state index contributed by atoms with van der Waals surface area (Å²) in [6.45, 7) is 3.29. The minimum atomic E-state index is -0.246. The van der Waals surface area contributed by atoms with Crippen LogP contribution in [0.15, 0.2) is 103 Å². The molecule has 1 aromatic heterocycles. The van der Waals surface area contributed by atoms with Crippen LogP contribution in [-0.4, -0.2) is 22.1 Å². The number of rotatable bonds is 9. The Morgan fingerprint density at radius 2 is 1.69 bits per heavy atom. The molecule has 1 amide bonds. The third-order valence-corrected chi connectivity index (χ3v) is 6.19. The molecule has 1 atom stereocenters. The van der Waals surface area contributed by atoms with Crippen LogP contribution in [0.3, 0.4) is 0 Å². The number of imidazole rings is 1. The van der Waals surface area contributed by atoms with Gasteiger partial charge in [-0.15, -0.1) is 0 Å². The summed E-state index contributed by atoms with van der Waals surface area (Å²) in [7, 11) is 0. The average molecular weight is 476 g/mol. The van der Waals surface area contributed by atoms with Crippen molar-refractivity contribution < 1.29 is 9.53 Å². The van der Waals surface area contributed by atoms with Crippen LogP contribution in [0, 0.1) is 0 Å². The van der Waals surface area contributed by atoms with E-state index in [4.69, 9.17) is 9.72 Å². The molecule has 0 spiro atoms. The van der Waals surface area contributed by atoms with E-state index >= 15 is 0 Å². The minimum absolute atomic E-state index is 0.149. The molecule has 0 saturated heterocycles. The molecule has 0 aliphatic rings. The minimum Gasteiger partial charge on any atom is -0.493 e. The normalized spacial score (nSPS) is 12.2. The Morgan fingerprint density at radius 3 is 2.58 bits per heavy atom. The second-order valence-corrected chi connectivity index (χ2v) is 8.76. The fourth-order valence-electron chi connectivity index (χ4n) is 4.45. The molecular weight excluding hydrogens is 446 g/mol. The highest BCUT2D eigenvalue weighted by Crippen LogP contribution is 2.26. The van der Waals surface area contributed by atoms with Crippen LogP contribution in [0.1, 0.15) is 30.8 Å². The summed E-state index contributed by atoms with van der Waals surface area (Å²) in [4.78, 5) is 17.4. The summed E-state index contributed by atoms with van der Waals surface area (Å²) in [5.41, 5.74) is 2.96. The summed E-state index contributed by atoms with van der Waals surface area (Å²) in [6, 6.07) is 32.0. The summed E-state index contributed by atoms with van der Waals surface area (Å²) in [5, 5.41) is 5.35. The Morgan fingerprint density at radius 1 is 0.944 bits per heavy atom. The van der Waals surface area contributed by atoms with E-state index in [0.717, 1.165) is 46.5 Å². The first kappa shape index (κ1) is 23.4. The van der Waals surface area contributed by atoms with Crippen molar-refractivity contribution >= 4 is 33.8 Å². The van der Waals surface area contributed by atoms with Crippen LogP contribution in [0.2, 0.25) is 0 Å². The number of fused-ring (bicyclic) bond motifs is 2. The Hall–Kier alpha value is -4.38. The summed E-state index contributed by atoms with van der Waals surface area (Å²) < 4.78 is 8.34. The highest BCUT2D eigenvalue weighted by molar-refractivity contribution is 5.92. The van der Waals surface area contributed by atoms with Gasteiger partial charge in [0, 0.05) is 18.0 Å². The molecule has 1 heterocycles. The topological polar surface area (TPSA) is 56.2 Å². The van der Waals surface area contributed by atoms with E-state index in [1.54, 1.807) is 6.08 Å². The third-order valence-electron chi connectivity index (χ3n) is 6.19. The van der Waals surface area contributed by atoms with Gasteiger partial charge in [0.05, 0.1) is 23.7 Å². The zero-order chi connectivity index (χ0) is 24.7. The first-order valence-corrected chi connectivity index (χ1v) is 12.3. The molecule has 0 saturated carbocycles. The SMILES string of the molecule is CC(NC(=O)/C=C\c1ccccc1)c1nc2ccccc2n1CCCOc1cccc2ccccc12. The molecule has 0 bridgehead atoms. The number of aryl methyl sites for hydroxylation is 1. The quantitative estimate of drug-likeness (QED) is 0.194. The molecule has 5 rings (SSSR count). The molecule has 5 heteroatoms. The second-order valence-electron chi connectivity index (χ2n) is 8.76. The number of amides is 1. The van der Waals surface area contributed by atoms with E-state index in [1.807, 2.05) is 85.8 Å². The van der Waals surface area contributed by atoms with E-state index < -0.39 is 0 Å². The Bertz CT molecular complexity index is 1500. The van der Waals surface area contributed by atoms with Crippen LogP contribution in [0.4, 0.5) is 0 Å². The monoisotopic (exact) mass is 475 g/mol. The predicted octanol–water partition coefficient (Wildman–Crippen LogP) is 6.55. The molecule has 0 aliphatic carbocycles. The van der Waals surface area contributed by atoms with Crippen LogP contribution in [0.5, 0.6) is 5.75 Å². The summed E-state index contributed by atoms with van der Waals surface area (Å²) in [5.74, 6) is 1.58. The lowest BCUT2D eigenvalue weighted by molar-refractivity contribution is -0.117. The fraction of sp³-hybridized carbons (Fsp3) is 0.161. The lowest BCUT2D eigenvalue weighted by Gasteiger charge is -2.16. The predicted molar refractivity (Wildman–Crippen MR) is 146 cm³/mol. The number of para-hydroxylation sites is 2. The molecule has 5 aromatic rings. The number of ether oxygens (including phenoxy) is 1. The molecule has 1 N–H and O–H groups in total. The van der Waals surface area contributed by atoms with Crippen molar-refractivity contribution in [2.24, 2.45) is 0 Å². The molecule has 180 valence electrons. The number of nitrogens with zero attached hydrogens (tertiary/aromatic N) is 2. The van der Waals surface area contributed by atoms with E-state index in [9.17, 15) is 4.79 Å². The number of nitrogens with one attached hydrogen (secondary N) is 1. The van der Waals surface area contributed by atoms with Gasteiger partial charge in [-0.25, -0.2) is 4.98 Å². The van der Waals surface area contributed by atoms with Crippen molar-refractivity contribution in [1.29, 1.82) is 0 Å². The van der Waals surface area contributed by atoms with Gasteiger partial charge in [0.1, 0.15) is 11.6 Å². The maximum Gasteiger partial charge on any atom is 0.244 e. The van der Waals surface area contributed by atoms with Gasteiger partial charge in [-0.2, -0.15) is 0 Å². The Balaban J connectivity index is 1.27. The standard InChI is InChI=1S/C31H29N3O2/c1-23(32-30(35)20-19-24-11-3-2-4-12-24)31-33-27-16-7-8-17-28(27)34(31)21-10-22-36-29-18-9-14-25-13-5-6-15-26(25)29/h2-9,11-20,23H,10,21-22H2,1H3,(H,32,35)/b20-19-. The van der Waals surface area contributed by atoms with Gasteiger partial charge in [-0.1, -0.05) is 78.9 Å². The zero-order valence-corrected chi connectivity index (χ0v) is 20.3. The number of hydrogen-bond donors (Lipinski definition) is 1. The van der Waals surface area contributed by atoms with Crippen molar-refractivity contribution in [1.82, 2.24) is 14.9 Å². The first-order chi connectivity index (χ1) is 17.7. The van der Waals surface area contributed by atoms with Crippen molar-refractivity contribution in [3.8, 4) is 5.75 Å². The number of carbonyl (C=O) groups is 1. The van der Waals surface area contributed by atoms with Crippen LogP contribution in [-0.2, 0) is 11.3 Å². The summed E-state index contributed by atoms with van der Waals surface area (Å²) >= 11 is 0. The molecule has 0 fully saturated rings. The molecule has 4 aromatic carbocycles. The lowest BCUT2D eigenvalue weighted by Crippen LogP contribution is -2.27. The maximum atomic E-state index is 12.6. The average Bonchev–Trinajstić information content (AvgIpc) is 3.29. The largest absolute Gasteiger partial charge is 0.493 e. The van der Waals surface area contributed by atoms with Gasteiger partial charge in [0.2, 0.25) is 5.91 Å². The maximum absolute atomic E-state index is 12.6. The molecule has 0 radical (unpaired) electrons. The summed E-state index contributed by atoms with van der Waals surface area (Å²) in [6.07, 6.45) is 4.19. The first-order valence-electron chi connectivity index (χ1n) is 12.3. The lowest BCUT2D eigenvalue weighted by atomic mass is 10.1. The number of carbonyl (C=O) groups excluding carboxylic acids is 1. The number of aromatic nitrogens is 2. The van der Waals surface area contributed by atoms with Crippen molar-refractivity contribution in [3.05, 3.63) is 115 Å². The zero-order valence-electron chi connectivity index (χ0n) is 20.3. The Labute approximate surface area is 211 Å². The smallest absolute Gasteiger partial charge is 0.244 e. The van der Waals surface area contributed by atoms with E-state index in [-0.39, 0.29) is 11.9 Å². The highest BCUT2D eigenvalue weighted by Gasteiger charge is 2.17.